The van der Waals surface area contributed by atoms with Gasteiger partial charge in [0.05, 0.1) is 70.9 Å². The van der Waals surface area contributed by atoms with Crippen LogP contribution in [-0.4, -0.2) is 24.9 Å². The van der Waals surface area contributed by atoms with Gasteiger partial charge in [-0.1, -0.05) is 121 Å². The monoisotopic (exact) mass is 1200 g/mol. The number of aromatic nitrogens is 4. The minimum Gasteiger partial charge on any atom is -0.352 e. The molecule has 5 heterocycles. The number of hydrogen-bond acceptors (Lipinski definition) is 4. The number of aromatic amines is 2. The van der Waals surface area contributed by atoms with Crippen molar-refractivity contribution in [1.82, 2.24) is 19.9 Å². The molecule has 284 valence electrons. The first-order valence-corrected chi connectivity index (χ1v) is 23.0. The number of nitro groups is 1. The Balaban J connectivity index is 1.65. The fourth-order valence-corrected chi connectivity index (χ4v) is 10.9. The molecule has 14 heteroatoms. The van der Waals surface area contributed by atoms with Crippen LogP contribution in [0.15, 0.2) is 139 Å². The van der Waals surface area contributed by atoms with Crippen molar-refractivity contribution in [3.05, 3.63) is 172 Å². The maximum Gasteiger partial charge on any atom is 0.311 e. The molecule has 0 spiro atoms. The lowest BCUT2D eigenvalue weighted by atomic mass is 10.0. The molecule has 0 unspecified atom stereocenters. The highest BCUT2D eigenvalue weighted by molar-refractivity contribution is 9.18. The Labute approximate surface area is 390 Å². The average Bonchev–Trinajstić information content (AvgIpc) is 3.92. The molecule has 7 aromatic rings. The van der Waals surface area contributed by atoms with Crippen molar-refractivity contribution in [3.8, 4) is 44.5 Å². The maximum atomic E-state index is 13.4. The number of halogens is 7. The zero-order valence-electron chi connectivity index (χ0n) is 29.4. The zero-order valence-corrected chi connectivity index (χ0v) is 40.5. The van der Waals surface area contributed by atoms with E-state index in [9.17, 15) is 10.1 Å². The van der Waals surface area contributed by atoms with Gasteiger partial charge in [0.1, 0.15) is 4.48 Å². The van der Waals surface area contributed by atoms with Gasteiger partial charge in [0.25, 0.3) is 0 Å². The summed E-state index contributed by atoms with van der Waals surface area (Å²) in [5.74, 6) is 0. The molecule has 4 aromatic carbocycles. The second-order valence-corrected chi connectivity index (χ2v) is 18.7. The molecule has 2 aliphatic heterocycles. The normalized spacial score (nSPS) is 12.7. The lowest BCUT2D eigenvalue weighted by Crippen LogP contribution is -1.99. The second-order valence-electron chi connectivity index (χ2n) is 13.1. The van der Waals surface area contributed by atoms with Crippen molar-refractivity contribution < 1.29 is 4.92 Å². The van der Waals surface area contributed by atoms with Crippen LogP contribution in [0.2, 0.25) is 0 Å². The fraction of sp³-hybridized carbons (Fsp3) is 0. The molecule has 0 atom stereocenters. The van der Waals surface area contributed by atoms with Crippen LogP contribution in [0.4, 0.5) is 0 Å². The van der Waals surface area contributed by atoms with Crippen LogP contribution in [0, 0.1) is 10.1 Å². The van der Waals surface area contributed by atoms with E-state index in [1.807, 2.05) is 121 Å². The second kappa shape index (κ2) is 16.0. The van der Waals surface area contributed by atoms with E-state index in [4.69, 9.17) is 9.97 Å². The number of nitrogens with zero attached hydrogens (tertiary/aromatic N) is 3. The zero-order chi connectivity index (χ0) is 40.4. The Hall–Kier alpha value is -3.76. The fourth-order valence-electron chi connectivity index (χ4n) is 7.30. The van der Waals surface area contributed by atoms with Gasteiger partial charge in [-0.15, -0.1) is 0 Å². The summed E-state index contributed by atoms with van der Waals surface area (Å²) in [5, 5.41) is 13.4. The van der Waals surface area contributed by atoms with Gasteiger partial charge in [0.15, 0.2) is 5.69 Å². The summed E-state index contributed by atoms with van der Waals surface area (Å²) in [4.78, 5) is 31.2. The molecule has 0 fully saturated rings. The van der Waals surface area contributed by atoms with Crippen LogP contribution >= 0.6 is 112 Å². The summed E-state index contributed by atoms with van der Waals surface area (Å²) in [6, 6.07) is 39.4. The summed E-state index contributed by atoms with van der Waals surface area (Å²) < 4.78 is 4.51. The summed E-state index contributed by atoms with van der Waals surface area (Å²) in [6.45, 7) is 0. The van der Waals surface area contributed by atoms with E-state index in [2.05, 4.69) is 121 Å². The Morgan fingerprint density at radius 2 is 0.655 bits per heavy atom. The van der Waals surface area contributed by atoms with E-state index < -0.39 is 0 Å². The Kier molecular flexibility index (Phi) is 11.0. The smallest absolute Gasteiger partial charge is 0.311 e. The Bertz CT molecular complexity index is 3090. The number of rotatable bonds is 5. The molecule has 7 nitrogen and oxygen atoms in total. The number of benzene rings is 4. The average molecular weight is 1210 g/mol. The molecule has 58 heavy (non-hydrogen) atoms. The molecule has 0 aliphatic carbocycles. The van der Waals surface area contributed by atoms with E-state index in [0.717, 1.165) is 52.3 Å². The molecular formula is C44H22Br7N5O2. The van der Waals surface area contributed by atoms with Gasteiger partial charge in [-0.25, -0.2) is 9.97 Å². The summed E-state index contributed by atoms with van der Waals surface area (Å²) in [6.07, 6.45) is 0. The molecule has 2 aliphatic rings. The van der Waals surface area contributed by atoms with Crippen molar-refractivity contribution in [1.29, 1.82) is 0 Å². The molecule has 2 N–H and O–H groups in total. The number of H-pyrrole nitrogens is 2. The van der Waals surface area contributed by atoms with Crippen molar-refractivity contribution in [2.45, 2.75) is 0 Å². The van der Waals surface area contributed by atoms with Crippen molar-refractivity contribution in [3.63, 3.8) is 0 Å². The SMILES string of the molecule is O=[N+]([O-])C1=C(Br)c2nc1c(-c1ccccc1)c1[nH]c(c(Br)c1Br)c(-c1ccccc1)c1nc(c(-c3ccccc3)c3[nH]c(c(Br)c3Br)c2-c2ccccc2)C(Br)=C1Br. The van der Waals surface area contributed by atoms with Crippen molar-refractivity contribution >= 4 is 153 Å². The standard InChI is InChI=1S/C44H22Br7N5O2/c45-29-30(46)37-26(22-15-7-2-8-16-22)39-33(49)34(50)41(54-39)28(24-19-11-4-12-20-24)43-44(56(57)58)35(51)42(55-43)27(23-17-9-3-10-18-23)40-32(48)31(47)38(53-40)25(36(29)52-37)21-13-5-1-6-14-21/h1-20,53-54H. The first-order valence-electron chi connectivity index (χ1n) is 17.4. The number of fused-ring (bicyclic) bond motifs is 8. The van der Waals surface area contributed by atoms with Crippen LogP contribution in [-0.2, 0) is 0 Å². The highest BCUT2D eigenvalue weighted by atomic mass is 79.9. The molecule has 0 saturated heterocycles. The van der Waals surface area contributed by atoms with Crippen LogP contribution in [0.5, 0.6) is 0 Å². The third-order valence-electron chi connectivity index (χ3n) is 9.84. The van der Waals surface area contributed by atoms with Crippen molar-refractivity contribution in [2.75, 3.05) is 0 Å². The van der Waals surface area contributed by atoms with Crippen molar-refractivity contribution in [2.24, 2.45) is 0 Å². The topological polar surface area (TPSA) is 100 Å². The van der Waals surface area contributed by atoms with Gasteiger partial charge in [-0.2, -0.15) is 0 Å². The quantitative estimate of drug-likeness (QED) is 0.132. The highest BCUT2D eigenvalue weighted by Gasteiger charge is 2.36. The molecule has 8 bridgehead atoms. The molecule has 0 radical (unpaired) electrons. The van der Waals surface area contributed by atoms with E-state index in [1.54, 1.807) is 0 Å². The maximum absolute atomic E-state index is 13.4. The van der Waals surface area contributed by atoms with Crippen LogP contribution < -0.4 is 0 Å². The van der Waals surface area contributed by atoms with Gasteiger partial charge in [0.2, 0.25) is 0 Å². The van der Waals surface area contributed by atoms with E-state index in [-0.39, 0.29) is 20.8 Å². The van der Waals surface area contributed by atoms with Crippen LogP contribution in [0.25, 0.3) is 85.7 Å². The molecular weight excluding hydrogens is 1190 g/mol. The first kappa shape index (κ1) is 39.7. The van der Waals surface area contributed by atoms with Crippen LogP contribution in [0.3, 0.4) is 0 Å². The van der Waals surface area contributed by atoms with E-state index in [1.165, 1.54) is 0 Å². The summed E-state index contributed by atoms with van der Waals surface area (Å²) >= 11 is 27.4. The predicted molar refractivity (Wildman–Crippen MR) is 261 cm³/mol. The van der Waals surface area contributed by atoms with Gasteiger partial charge >= 0.3 is 5.70 Å². The van der Waals surface area contributed by atoms with Gasteiger partial charge in [0, 0.05) is 22.3 Å². The highest BCUT2D eigenvalue weighted by Crippen LogP contribution is 2.52. The number of nitrogens with one attached hydrogen (secondary N) is 2. The molecule has 0 saturated carbocycles. The lowest BCUT2D eigenvalue weighted by molar-refractivity contribution is -0.374. The molecule has 9 rings (SSSR count). The summed E-state index contributed by atoms with van der Waals surface area (Å²) in [5.41, 5.74) is 10.4. The minimum atomic E-state index is -0.375. The van der Waals surface area contributed by atoms with E-state index in [0.29, 0.717) is 58.2 Å². The van der Waals surface area contributed by atoms with Gasteiger partial charge in [-0.05, 0) is 134 Å². The van der Waals surface area contributed by atoms with Gasteiger partial charge < -0.3 is 9.97 Å². The third-order valence-corrected chi connectivity index (χ3v) is 16.9. The number of hydrogen-bond donors (Lipinski definition) is 2. The first-order chi connectivity index (χ1) is 28.1. The largest absolute Gasteiger partial charge is 0.352 e. The third kappa shape index (κ3) is 6.59. The summed E-state index contributed by atoms with van der Waals surface area (Å²) in [7, 11) is 0. The van der Waals surface area contributed by atoms with Gasteiger partial charge in [-0.3, -0.25) is 10.1 Å². The van der Waals surface area contributed by atoms with Crippen LogP contribution in [0.1, 0.15) is 22.8 Å². The van der Waals surface area contributed by atoms with E-state index >= 15 is 0 Å². The lowest BCUT2D eigenvalue weighted by Gasteiger charge is -2.07. The molecule has 0 amide bonds. The molecule has 3 aromatic heterocycles. The Morgan fingerprint density at radius 3 is 0.948 bits per heavy atom. The Morgan fingerprint density at radius 1 is 0.397 bits per heavy atom. The predicted octanol–water partition coefficient (Wildman–Crippen LogP) is 16.1. The minimum absolute atomic E-state index is 0.176.